The second kappa shape index (κ2) is 5.84. The van der Waals surface area contributed by atoms with Crippen molar-refractivity contribution in [1.29, 1.82) is 0 Å². The van der Waals surface area contributed by atoms with E-state index in [2.05, 4.69) is 5.32 Å². The van der Waals surface area contributed by atoms with Crippen molar-refractivity contribution in [2.24, 2.45) is 0 Å². The average Bonchev–Trinajstić information content (AvgIpc) is 2.43. The average molecular weight is 291 g/mol. The summed E-state index contributed by atoms with van der Waals surface area (Å²) in [6.45, 7) is 1.92. The van der Waals surface area contributed by atoms with Gasteiger partial charge in [0.25, 0.3) is 5.91 Å². The molecule has 5 heteroatoms. The standard InChI is InChI=1S/C15H15ClN2O2/c1-9-6-7-11(16)12(8-9)18-15(19)10-4-3-5-13(20-2)14(10)17/h3-8H,17H2,1-2H3,(H,18,19). The second-order valence-electron chi connectivity index (χ2n) is 4.36. The van der Waals surface area contributed by atoms with Crippen LogP contribution in [-0.4, -0.2) is 13.0 Å². The summed E-state index contributed by atoms with van der Waals surface area (Å²) in [7, 11) is 1.50. The molecule has 0 radical (unpaired) electrons. The fourth-order valence-electron chi connectivity index (χ4n) is 1.84. The number of anilines is 2. The maximum atomic E-state index is 12.3. The van der Waals surface area contributed by atoms with Crippen LogP contribution >= 0.6 is 11.6 Å². The lowest BCUT2D eigenvalue weighted by Crippen LogP contribution is -2.14. The molecule has 0 fully saturated rings. The summed E-state index contributed by atoms with van der Waals surface area (Å²) in [4.78, 5) is 12.3. The maximum Gasteiger partial charge on any atom is 0.257 e. The van der Waals surface area contributed by atoms with Gasteiger partial charge in [-0.2, -0.15) is 0 Å². The van der Waals surface area contributed by atoms with Gasteiger partial charge in [-0.1, -0.05) is 23.7 Å². The van der Waals surface area contributed by atoms with Crippen LogP contribution in [0.1, 0.15) is 15.9 Å². The SMILES string of the molecule is COc1cccc(C(=O)Nc2cc(C)ccc2Cl)c1N. The van der Waals surface area contributed by atoms with Crippen molar-refractivity contribution in [3.8, 4) is 5.75 Å². The van der Waals surface area contributed by atoms with E-state index >= 15 is 0 Å². The Balaban J connectivity index is 2.31. The van der Waals surface area contributed by atoms with Gasteiger partial charge in [0.15, 0.2) is 0 Å². The zero-order valence-electron chi connectivity index (χ0n) is 11.2. The Hall–Kier alpha value is -2.20. The summed E-state index contributed by atoms with van der Waals surface area (Å²) in [5.41, 5.74) is 8.11. The van der Waals surface area contributed by atoms with E-state index in [1.807, 2.05) is 13.0 Å². The van der Waals surface area contributed by atoms with Gasteiger partial charge >= 0.3 is 0 Å². The molecular formula is C15H15ClN2O2. The molecule has 0 atom stereocenters. The van der Waals surface area contributed by atoms with E-state index in [4.69, 9.17) is 22.1 Å². The minimum Gasteiger partial charge on any atom is -0.495 e. The second-order valence-corrected chi connectivity index (χ2v) is 4.77. The molecule has 3 N–H and O–H groups in total. The Morgan fingerprint density at radius 3 is 2.75 bits per heavy atom. The van der Waals surface area contributed by atoms with Crippen LogP contribution in [0.2, 0.25) is 5.02 Å². The van der Waals surface area contributed by atoms with Crippen LogP contribution < -0.4 is 15.8 Å². The first-order chi connectivity index (χ1) is 9.52. The Kier molecular flexibility index (Phi) is 4.15. The first kappa shape index (κ1) is 14.2. The first-order valence-corrected chi connectivity index (χ1v) is 6.40. The number of aryl methyl sites for hydroxylation is 1. The molecule has 2 aromatic rings. The van der Waals surface area contributed by atoms with Gasteiger partial charge < -0.3 is 15.8 Å². The van der Waals surface area contributed by atoms with Crippen molar-refractivity contribution in [1.82, 2.24) is 0 Å². The van der Waals surface area contributed by atoms with Gasteiger partial charge in [0.2, 0.25) is 0 Å². The number of carbonyl (C=O) groups is 1. The van der Waals surface area contributed by atoms with Crippen LogP contribution in [-0.2, 0) is 0 Å². The van der Waals surface area contributed by atoms with Crippen molar-refractivity contribution < 1.29 is 9.53 Å². The van der Waals surface area contributed by atoms with E-state index in [0.717, 1.165) is 5.56 Å². The number of para-hydroxylation sites is 1. The highest BCUT2D eigenvalue weighted by Gasteiger charge is 2.14. The Bertz CT molecular complexity index is 656. The normalized spacial score (nSPS) is 10.2. The topological polar surface area (TPSA) is 64.3 Å². The van der Waals surface area contributed by atoms with E-state index in [1.165, 1.54) is 7.11 Å². The number of rotatable bonds is 3. The minimum atomic E-state index is -0.325. The van der Waals surface area contributed by atoms with Gasteiger partial charge in [0, 0.05) is 0 Å². The zero-order chi connectivity index (χ0) is 14.7. The van der Waals surface area contributed by atoms with Crippen LogP contribution in [0.3, 0.4) is 0 Å². The van der Waals surface area contributed by atoms with E-state index < -0.39 is 0 Å². The number of nitrogen functional groups attached to an aromatic ring is 1. The third kappa shape index (κ3) is 2.86. The molecule has 0 saturated carbocycles. The number of nitrogens with one attached hydrogen (secondary N) is 1. The highest BCUT2D eigenvalue weighted by atomic mass is 35.5. The van der Waals surface area contributed by atoms with Crippen LogP contribution in [0, 0.1) is 6.92 Å². The van der Waals surface area contributed by atoms with Crippen molar-refractivity contribution >= 4 is 28.9 Å². The lowest BCUT2D eigenvalue weighted by Gasteiger charge is -2.11. The number of amides is 1. The maximum absolute atomic E-state index is 12.3. The quantitative estimate of drug-likeness (QED) is 0.851. The molecule has 4 nitrogen and oxygen atoms in total. The van der Waals surface area contributed by atoms with Crippen molar-refractivity contribution in [3.63, 3.8) is 0 Å². The lowest BCUT2D eigenvalue weighted by molar-refractivity contribution is 0.102. The Morgan fingerprint density at radius 1 is 1.30 bits per heavy atom. The largest absolute Gasteiger partial charge is 0.495 e. The molecule has 0 heterocycles. The number of hydrogen-bond donors (Lipinski definition) is 2. The molecule has 0 spiro atoms. The van der Waals surface area contributed by atoms with Gasteiger partial charge in [-0.05, 0) is 36.8 Å². The first-order valence-electron chi connectivity index (χ1n) is 6.03. The Labute approximate surface area is 122 Å². The molecule has 104 valence electrons. The smallest absolute Gasteiger partial charge is 0.257 e. The molecule has 0 aromatic heterocycles. The highest BCUT2D eigenvalue weighted by molar-refractivity contribution is 6.34. The molecule has 1 amide bonds. The van der Waals surface area contributed by atoms with Gasteiger partial charge in [-0.3, -0.25) is 4.79 Å². The summed E-state index contributed by atoms with van der Waals surface area (Å²) >= 11 is 6.06. The number of carbonyl (C=O) groups excluding carboxylic acids is 1. The monoisotopic (exact) mass is 290 g/mol. The number of halogens is 1. The van der Waals surface area contributed by atoms with Gasteiger partial charge in [-0.25, -0.2) is 0 Å². The van der Waals surface area contributed by atoms with E-state index in [9.17, 15) is 4.79 Å². The molecule has 0 bridgehead atoms. The Morgan fingerprint density at radius 2 is 2.05 bits per heavy atom. The van der Waals surface area contributed by atoms with Crippen LogP contribution in [0.5, 0.6) is 5.75 Å². The van der Waals surface area contributed by atoms with Crippen molar-refractivity contribution in [3.05, 3.63) is 52.5 Å². The minimum absolute atomic E-state index is 0.302. The highest BCUT2D eigenvalue weighted by Crippen LogP contribution is 2.27. The summed E-state index contributed by atoms with van der Waals surface area (Å²) < 4.78 is 5.10. The molecule has 0 unspecified atom stereocenters. The van der Waals surface area contributed by atoms with Crippen molar-refractivity contribution in [2.45, 2.75) is 6.92 Å². The van der Waals surface area contributed by atoms with Crippen LogP contribution in [0.25, 0.3) is 0 Å². The predicted octanol–water partition coefficient (Wildman–Crippen LogP) is 3.49. The fourth-order valence-corrected chi connectivity index (χ4v) is 2.01. The van der Waals surface area contributed by atoms with E-state index in [1.54, 1.807) is 30.3 Å². The molecule has 0 aliphatic rings. The van der Waals surface area contributed by atoms with E-state index in [-0.39, 0.29) is 5.91 Å². The molecular weight excluding hydrogens is 276 g/mol. The van der Waals surface area contributed by atoms with E-state index in [0.29, 0.717) is 27.7 Å². The molecule has 20 heavy (non-hydrogen) atoms. The van der Waals surface area contributed by atoms with Crippen LogP contribution in [0.15, 0.2) is 36.4 Å². The van der Waals surface area contributed by atoms with Crippen LogP contribution in [0.4, 0.5) is 11.4 Å². The number of methoxy groups -OCH3 is 1. The number of nitrogens with two attached hydrogens (primary N) is 1. The number of ether oxygens (including phenoxy) is 1. The molecule has 0 aliphatic heterocycles. The van der Waals surface area contributed by atoms with Crippen molar-refractivity contribution in [2.75, 3.05) is 18.2 Å². The summed E-state index contributed by atoms with van der Waals surface area (Å²) in [5.74, 6) is 0.141. The zero-order valence-corrected chi connectivity index (χ0v) is 12.0. The van der Waals surface area contributed by atoms with Gasteiger partial charge in [0.1, 0.15) is 5.75 Å². The predicted molar refractivity (Wildman–Crippen MR) is 81.5 cm³/mol. The molecule has 0 aliphatic carbocycles. The summed E-state index contributed by atoms with van der Waals surface area (Å²) in [6, 6.07) is 10.5. The third-order valence-corrected chi connectivity index (χ3v) is 3.23. The number of hydrogen-bond acceptors (Lipinski definition) is 3. The van der Waals surface area contributed by atoms with Gasteiger partial charge in [0.05, 0.1) is 29.1 Å². The molecule has 2 rings (SSSR count). The third-order valence-electron chi connectivity index (χ3n) is 2.90. The summed E-state index contributed by atoms with van der Waals surface area (Å²) in [6.07, 6.45) is 0. The fraction of sp³-hybridized carbons (Fsp3) is 0.133. The lowest BCUT2D eigenvalue weighted by atomic mass is 10.1. The molecule has 0 saturated heterocycles. The van der Waals surface area contributed by atoms with Gasteiger partial charge in [-0.15, -0.1) is 0 Å². The summed E-state index contributed by atoms with van der Waals surface area (Å²) in [5, 5.41) is 3.23. The number of benzene rings is 2. The molecule has 2 aromatic carbocycles.